The first kappa shape index (κ1) is 12.1. The van der Waals surface area contributed by atoms with Crippen molar-refractivity contribution in [1.29, 1.82) is 0 Å². The van der Waals surface area contributed by atoms with Gasteiger partial charge in [0.05, 0.1) is 0 Å². The molecule has 0 bridgehead atoms. The third-order valence-electron chi connectivity index (χ3n) is 2.23. The van der Waals surface area contributed by atoms with Crippen LogP contribution >= 0.6 is 30.3 Å². The lowest BCUT2D eigenvalue weighted by molar-refractivity contribution is -0.141. The van der Waals surface area contributed by atoms with Crippen molar-refractivity contribution in [2.75, 3.05) is 6.54 Å². The van der Waals surface area contributed by atoms with Gasteiger partial charge in [-0.25, -0.2) is 0 Å². The highest BCUT2D eigenvalue weighted by Crippen LogP contribution is 2.31. The smallest absolute Gasteiger partial charge is 0.324 e. The summed E-state index contributed by atoms with van der Waals surface area (Å²) in [5.41, 5.74) is 1.00. The molecule has 0 saturated carbocycles. The van der Waals surface area contributed by atoms with Gasteiger partial charge < -0.3 is 4.90 Å². The highest BCUT2D eigenvalue weighted by atomic mass is 127. The van der Waals surface area contributed by atoms with Crippen molar-refractivity contribution in [3.05, 3.63) is 23.5 Å². The fourth-order valence-electron chi connectivity index (χ4n) is 1.64. The molecule has 0 atom stereocenters. The second kappa shape index (κ2) is 4.13. The molecule has 0 aromatic carbocycles. The van der Waals surface area contributed by atoms with E-state index in [-0.39, 0.29) is 6.54 Å². The summed E-state index contributed by atoms with van der Waals surface area (Å²) in [5.74, 6) is -0.554. The number of carbonyl (C=O) groups excluding carboxylic acids is 1. The largest absolute Gasteiger partial charge is 0.406 e. The van der Waals surface area contributed by atoms with Crippen LogP contribution in [0.4, 0.5) is 13.2 Å². The van der Waals surface area contributed by atoms with Crippen LogP contribution in [-0.4, -0.2) is 27.5 Å². The maximum atomic E-state index is 12.2. The highest BCUT2D eigenvalue weighted by Gasteiger charge is 2.38. The lowest BCUT2D eigenvalue weighted by Gasteiger charge is -2.17. The zero-order valence-corrected chi connectivity index (χ0v) is 10.8. The first-order chi connectivity index (χ1) is 7.42. The van der Waals surface area contributed by atoms with Gasteiger partial charge in [0.15, 0.2) is 0 Å². The van der Waals surface area contributed by atoms with E-state index in [0.29, 0.717) is 11.3 Å². The number of rotatable bonds is 2. The molecule has 2 heterocycles. The van der Waals surface area contributed by atoms with Gasteiger partial charge in [-0.15, -0.1) is 0 Å². The lowest BCUT2D eigenvalue weighted by Crippen LogP contribution is -2.34. The van der Waals surface area contributed by atoms with Crippen molar-refractivity contribution in [2.45, 2.75) is 12.7 Å². The van der Waals surface area contributed by atoms with Crippen LogP contribution in [0.5, 0.6) is 0 Å². The fourth-order valence-corrected chi connectivity index (χ4v) is 3.00. The Labute approximate surface area is 106 Å². The van der Waals surface area contributed by atoms with E-state index in [1.54, 1.807) is 16.2 Å². The monoisotopic (exact) mass is 362 g/mol. The van der Waals surface area contributed by atoms with E-state index in [4.69, 9.17) is 0 Å². The van der Waals surface area contributed by atoms with Crippen LogP contribution in [0.15, 0.2) is 12.3 Å². The van der Waals surface area contributed by atoms with E-state index in [9.17, 15) is 18.0 Å². The Bertz CT molecular complexity index is 431. The molecule has 3 nitrogen and oxygen atoms in total. The molecule has 0 aliphatic carbocycles. The van der Waals surface area contributed by atoms with E-state index in [2.05, 4.69) is 0 Å². The maximum Gasteiger partial charge on any atom is 0.406 e. The number of hydrogen-bond donors (Lipinski definition) is 0. The maximum absolute atomic E-state index is 12.2. The molecule has 2 rings (SSSR count). The Morgan fingerprint density at radius 3 is 2.75 bits per heavy atom. The van der Waals surface area contributed by atoms with Gasteiger partial charge in [-0.05, 0) is 6.07 Å². The van der Waals surface area contributed by atoms with Crippen LogP contribution < -0.4 is 0 Å². The molecule has 1 aromatic heterocycles. The Morgan fingerprint density at radius 2 is 2.19 bits per heavy atom. The van der Waals surface area contributed by atoms with Crippen LogP contribution in [0, 0.1) is 0 Å². The average molecular weight is 362 g/mol. The number of carbonyl (C=O) groups is 1. The van der Waals surface area contributed by atoms with Gasteiger partial charge >= 0.3 is 6.18 Å². The second-order valence-electron chi connectivity index (χ2n) is 3.36. The topological polar surface area (TPSA) is 25.2 Å². The molecule has 8 heteroatoms. The summed E-state index contributed by atoms with van der Waals surface area (Å²) in [7, 11) is 1.26. The molecule has 0 radical (unpaired) electrons. The van der Waals surface area contributed by atoms with E-state index in [0.717, 1.165) is 4.90 Å². The minimum atomic E-state index is -4.35. The summed E-state index contributed by atoms with van der Waals surface area (Å²) in [6, 6.07) is 1.68. The van der Waals surface area contributed by atoms with E-state index in [1.165, 1.54) is 9.12 Å². The van der Waals surface area contributed by atoms with Crippen molar-refractivity contribution < 1.29 is 18.0 Å². The summed E-state index contributed by atoms with van der Waals surface area (Å²) < 4.78 is 38.1. The molecule has 1 amide bonds. The third kappa shape index (κ3) is 2.17. The highest BCUT2D eigenvalue weighted by molar-refractivity contribution is 14.2. The van der Waals surface area contributed by atoms with Crippen molar-refractivity contribution in [2.24, 2.45) is 0 Å². The Balaban J connectivity index is 2.22. The van der Waals surface area contributed by atoms with Crippen LogP contribution in [0.2, 0.25) is 0 Å². The van der Waals surface area contributed by atoms with Gasteiger partial charge in [0.2, 0.25) is 0 Å². The van der Waals surface area contributed by atoms with E-state index < -0.39 is 18.6 Å². The first-order valence-electron chi connectivity index (χ1n) is 4.27. The number of aromatic nitrogens is 1. The Kier molecular flexibility index (Phi) is 3.12. The molecule has 16 heavy (non-hydrogen) atoms. The zero-order chi connectivity index (χ0) is 11.9. The fraction of sp³-hybridized carbons (Fsp3) is 0.375. The molecule has 1 aliphatic rings. The van der Waals surface area contributed by atoms with E-state index in [1.807, 2.05) is 21.2 Å². The molecule has 0 unspecified atom stereocenters. The van der Waals surface area contributed by atoms with Gasteiger partial charge in [0.25, 0.3) is 5.91 Å². The van der Waals surface area contributed by atoms with Gasteiger partial charge in [0.1, 0.15) is 12.2 Å². The molecule has 0 N–H and O–H groups in total. The molecule has 1 aromatic rings. The minimum Gasteiger partial charge on any atom is -0.324 e. The summed E-state index contributed by atoms with van der Waals surface area (Å²) in [6.07, 6.45) is -2.66. The van der Waals surface area contributed by atoms with Gasteiger partial charge in [-0.3, -0.25) is 8.77 Å². The van der Waals surface area contributed by atoms with Gasteiger partial charge in [0, 0.05) is 48.6 Å². The molecular weight excluding hydrogens is 356 g/mol. The van der Waals surface area contributed by atoms with Crippen LogP contribution in [0.3, 0.4) is 0 Å². The number of fused-ring (bicyclic) bond motifs is 1. The third-order valence-corrected chi connectivity index (χ3v) is 3.96. The van der Waals surface area contributed by atoms with Gasteiger partial charge in [-0.1, -0.05) is 0 Å². The van der Waals surface area contributed by atoms with Crippen molar-refractivity contribution >= 4 is 36.2 Å². The van der Waals surface area contributed by atoms with Crippen molar-refractivity contribution in [3.63, 3.8) is 0 Å². The second-order valence-corrected chi connectivity index (χ2v) is 5.07. The number of halogens is 4. The number of alkyl halides is 3. The molecule has 0 saturated heterocycles. The van der Waals surface area contributed by atoms with Crippen LogP contribution in [0.1, 0.15) is 16.1 Å². The predicted octanol–water partition coefficient (Wildman–Crippen LogP) is 2.85. The van der Waals surface area contributed by atoms with Crippen molar-refractivity contribution in [1.82, 2.24) is 8.87 Å². The predicted molar refractivity (Wildman–Crippen MR) is 62.2 cm³/mol. The SMILES string of the molecule is O=C1c2c(ccn2SI)CN1CC(F)(F)F. The molecular formula is C8H6F3IN2OS. The van der Waals surface area contributed by atoms with Gasteiger partial charge in [-0.2, -0.15) is 13.2 Å². The molecule has 0 fully saturated rings. The Morgan fingerprint density at radius 1 is 1.50 bits per heavy atom. The standard InChI is InChI=1S/C8H6F3IN2OS/c9-8(10,11)4-13-3-5-1-2-14(16-12)6(5)7(13)15/h1-2H,3-4H2. The molecule has 88 valence electrons. The normalized spacial score (nSPS) is 15.8. The summed E-state index contributed by atoms with van der Waals surface area (Å²) in [6.45, 7) is -1.15. The number of hydrogen-bond acceptors (Lipinski definition) is 2. The Hall–Kier alpha value is -0.380. The van der Waals surface area contributed by atoms with Crippen molar-refractivity contribution in [3.8, 4) is 0 Å². The first-order valence-corrected chi connectivity index (χ1v) is 7.59. The number of amides is 1. The number of nitrogens with zero attached hydrogens (tertiary/aromatic N) is 2. The average Bonchev–Trinajstić information content (AvgIpc) is 2.67. The quantitative estimate of drug-likeness (QED) is 0.757. The zero-order valence-electron chi connectivity index (χ0n) is 7.79. The summed E-state index contributed by atoms with van der Waals surface area (Å²) in [4.78, 5) is 12.5. The van der Waals surface area contributed by atoms with Crippen LogP contribution in [-0.2, 0) is 6.54 Å². The molecule has 0 spiro atoms. The van der Waals surface area contributed by atoms with Crippen LogP contribution in [0.25, 0.3) is 0 Å². The summed E-state index contributed by atoms with van der Waals surface area (Å²) in [5, 5.41) is 0. The lowest BCUT2D eigenvalue weighted by atomic mass is 10.3. The molecule has 1 aliphatic heterocycles. The minimum absolute atomic E-state index is 0.0396. The summed E-state index contributed by atoms with van der Waals surface area (Å²) >= 11 is 1.98. The van der Waals surface area contributed by atoms with E-state index >= 15 is 0 Å².